The number of methoxy groups -OCH3 is 3. The molecule has 0 bridgehead atoms. The van der Waals surface area contributed by atoms with Gasteiger partial charge in [-0.3, -0.25) is 0 Å². The van der Waals surface area contributed by atoms with Gasteiger partial charge in [0.05, 0.1) is 26.9 Å². The van der Waals surface area contributed by atoms with Crippen LogP contribution in [-0.2, 0) is 6.42 Å². The smallest absolute Gasteiger partial charge is 0.336 e. The van der Waals surface area contributed by atoms with E-state index in [1.165, 1.54) is 21.3 Å². The predicted molar refractivity (Wildman–Crippen MR) is 111 cm³/mol. The molecule has 28 heavy (non-hydrogen) atoms. The largest absolute Gasteiger partial charge is 0.492 e. The first-order valence-corrected chi connectivity index (χ1v) is 9.27. The van der Waals surface area contributed by atoms with E-state index in [1.54, 1.807) is 0 Å². The van der Waals surface area contributed by atoms with Gasteiger partial charge in [-0.25, -0.2) is 4.79 Å². The first kappa shape index (κ1) is 21.4. The van der Waals surface area contributed by atoms with E-state index in [2.05, 4.69) is 6.92 Å². The zero-order chi connectivity index (χ0) is 20.8. The fourth-order valence-electron chi connectivity index (χ4n) is 3.49. The molecule has 2 rings (SSSR count). The van der Waals surface area contributed by atoms with Crippen LogP contribution in [-0.4, -0.2) is 46.5 Å². The van der Waals surface area contributed by atoms with E-state index in [0.29, 0.717) is 34.8 Å². The van der Waals surface area contributed by atoms with Gasteiger partial charge in [-0.05, 0) is 18.9 Å². The number of para-hydroxylation sites is 1. The van der Waals surface area contributed by atoms with Gasteiger partial charge in [-0.15, -0.1) is 0 Å². The van der Waals surface area contributed by atoms with Crippen molar-refractivity contribution in [2.24, 2.45) is 0 Å². The monoisotopic (exact) mass is 387 g/mol. The Kier molecular flexibility index (Phi) is 7.15. The highest BCUT2D eigenvalue weighted by Crippen LogP contribution is 2.51. The lowest BCUT2D eigenvalue weighted by Crippen LogP contribution is -2.14. The lowest BCUT2D eigenvalue weighted by atomic mass is 9.89. The van der Waals surface area contributed by atoms with E-state index in [0.717, 1.165) is 24.1 Å². The third-order valence-corrected chi connectivity index (χ3v) is 4.73. The Labute approximate surface area is 166 Å². The number of rotatable bonds is 9. The third-order valence-electron chi connectivity index (χ3n) is 4.73. The highest BCUT2D eigenvalue weighted by molar-refractivity contribution is 6.04. The molecule has 2 aromatic rings. The van der Waals surface area contributed by atoms with Crippen LogP contribution in [0.15, 0.2) is 24.3 Å². The fraction of sp³-hybridized carbons (Fsp3) is 0.409. The van der Waals surface area contributed by atoms with Gasteiger partial charge in [0.25, 0.3) is 0 Å². The van der Waals surface area contributed by atoms with Crippen LogP contribution in [0.1, 0.15) is 35.7 Å². The summed E-state index contributed by atoms with van der Waals surface area (Å²) in [5, 5.41) is 10.2. The van der Waals surface area contributed by atoms with Crippen LogP contribution in [0.25, 0.3) is 11.1 Å². The molecule has 0 aromatic heterocycles. The second-order valence-corrected chi connectivity index (χ2v) is 6.65. The lowest BCUT2D eigenvalue weighted by Gasteiger charge is -2.25. The van der Waals surface area contributed by atoms with E-state index in [4.69, 9.17) is 14.2 Å². The molecule has 0 aliphatic carbocycles. The zero-order valence-electron chi connectivity index (χ0n) is 17.5. The highest BCUT2D eigenvalue weighted by atomic mass is 16.5. The summed E-state index contributed by atoms with van der Waals surface area (Å²) < 4.78 is 16.9. The number of nitrogens with zero attached hydrogens (tertiary/aromatic N) is 1. The molecule has 6 heteroatoms. The summed E-state index contributed by atoms with van der Waals surface area (Å²) >= 11 is 0. The number of carboxylic acid groups (broad SMARTS) is 1. The number of ether oxygens (including phenoxy) is 3. The SMILES string of the molecule is CCCCc1c(OC)c(OC)c(OC)c(-c2ccccc2N(C)C)c1C(=O)O. The maximum absolute atomic E-state index is 12.4. The van der Waals surface area contributed by atoms with Crippen molar-refractivity contribution < 1.29 is 24.1 Å². The van der Waals surface area contributed by atoms with Crippen molar-refractivity contribution in [3.05, 3.63) is 35.4 Å². The molecular weight excluding hydrogens is 358 g/mol. The van der Waals surface area contributed by atoms with Crippen molar-refractivity contribution in [3.8, 4) is 28.4 Å². The standard InChI is InChI=1S/C22H29NO5/c1-7-8-11-15-18(22(24)25)17(14-12-9-10-13-16(14)23(2)3)20(27-5)21(28-6)19(15)26-4/h9-10,12-13H,7-8,11H2,1-6H3,(H,24,25). The van der Waals surface area contributed by atoms with Gasteiger partial charge in [0.2, 0.25) is 5.75 Å². The molecule has 0 spiro atoms. The molecule has 0 saturated carbocycles. The second kappa shape index (κ2) is 9.35. The zero-order valence-corrected chi connectivity index (χ0v) is 17.5. The van der Waals surface area contributed by atoms with Gasteiger partial charge in [-0.2, -0.15) is 0 Å². The van der Waals surface area contributed by atoms with Crippen molar-refractivity contribution >= 4 is 11.7 Å². The normalized spacial score (nSPS) is 10.5. The number of unbranched alkanes of at least 4 members (excludes halogenated alkanes) is 1. The molecule has 0 amide bonds. The molecule has 6 nitrogen and oxygen atoms in total. The molecule has 0 heterocycles. The van der Waals surface area contributed by atoms with Crippen LogP contribution >= 0.6 is 0 Å². The Bertz CT molecular complexity index is 845. The van der Waals surface area contributed by atoms with Crippen molar-refractivity contribution in [2.75, 3.05) is 40.3 Å². The van der Waals surface area contributed by atoms with Gasteiger partial charge in [-0.1, -0.05) is 31.5 Å². The molecule has 0 fully saturated rings. The molecule has 0 atom stereocenters. The number of carbonyl (C=O) groups is 1. The average molecular weight is 387 g/mol. The van der Waals surface area contributed by atoms with Crippen LogP contribution in [0.3, 0.4) is 0 Å². The van der Waals surface area contributed by atoms with Crippen LogP contribution in [0, 0.1) is 0 Å². The van der Waals surface area contributed by atoms with Gasteiger partial charge in [0.15, 0.2) is 11.5 Å². The van der Waals surface area contributed by atoms with Crippen LogP contribution < -0.4 is 19.1 Å². The van der Waals surface area contributed by atoms with Gasteiger partial charge >= 0.3 is 5.97 Å². The summed E-state index contributed by atoms with van der Waals surface area (Å²) in [5.41, 5.74) is 2.97. The number of aromatic carboxylic acids is 1. The third kappa shape index (κ3) is 3.86. The molecule has 0 unspecified atom stereocenters. The minimum absolute atomic E-state index is 0.192. The Morgan fingerprint density at radius 3 is 2.11 bits per heavy atom. The maximum Gasteiger partial charge on any atom is 0.336 e. The van der Waals surface area contributed by atoms with Gasteiger partial charge < -0.3 is 24.2 Å². The number of carboxylic acids is 1. The maximum atomic E-state index is 12.4. The Balaban J connectivity index is 3.04. The summed E-state index contributed by atoms with van der Waals surface area (Å²) in [5.74, 6) is 0.154. The number of benzene rings is 2. The Morgan fingerprint density at radius 1 is 1.00 bits per heavy atom. The van der Waals surface area contributed by atoms with E-state index >= 15 is 0 Å². The topological polar surface area (TPSA) is 68.2 Å². The average Bonchev–Trinajstić information content (AvgIpc) is 2.69. The molecule has 152 valence electrons. The van der Waals surface area contributed by atoms with Crippen molar-refractivity contribution in [1.82, 2.24) is 0 Å². The summed E-state index contributed by atoms with van der Waals surface area (Å²) in [6, 6.07) is 7.65. The lowest BCUT2D eigenvalue weighted by molar-refractivity contribution is 0.0695. The van der Waals surface area contributed by atoms with E-state index in [-0.39, 0.29) is 5.56 Å². The molecular formula is C22H29NO5. The second-order valence-electron chi connectivity index (χ2n) is 6.65. The first-order chi connectivity index (χ1) is 13.4. The predicted octanol–water partition coefficient (Wildman–Crippen LogP) is 4.49. The quantitative estimate of drug-likeness (QED) is 0.684. The number of hydrogen-bond acceptors (Lipinski definition) is 5. The van der Waals surface area contributed by atoms with Gasteiger partial charge in [0.1, 0.15) is 0 Å². The molecule has 0 saturated heterocycles. The summed E-state index contributed by atoms with van der Waals surface area (Å²) in [7, 11) is 8.41. The summed E-state index contributed by atoms with van der Waals surface area (Å²) in [6.07, 6.45) is 2.33. The van der Waals surface area contributed by atoms with Crippen molar-refractivity contribution in [3.63, 3.8) is 0 Å². The van der Waals surface area contributed by atoms with Gasteiger partial charge in [0, 0.05) is 36.5 Å². The minimum atomic E-state index is -1.02. The van der Waals surface area contributed by atoms with E-state index < -0.39 is 5.97 Å². The molecule has 0 aliphatic heterocycles. The van der Waals surface area contributed by atoms with Crippen LogP contribution in [0.5, 0.6) is 17.2 Å². The summed E-state index contributed by atoms with van der Waals surface area (Å²) in [4.78, 5) is 14.4. The number of anilines is 1. The van der Waals surface area contributed by atoms with E-state index in [1.807, 2.05) is 43.3 Å². The molecule has 0 aliphatic rings. The number of hydrogen-bond donors (Lipinski definition) is 1. The van der Waals surface area contributed by atoms with Crippen LogP contribution in [0.4, 0.5) is 5.69 Å². The molecule has 2 aromatic carbocycles. The molecule has 1 N–H and O–H groups in total. The van der Waals surface area contributed by atoms with Crippen molar-refractivity contribution in [2.45, 2.75) is 26.2 Å². The highest BCUT2D eigenvalue weighted by Gasteiger charge is 2.31. The Hall–Kier alpha value is -2.89. The van der Waals surface area contributed by atoms with Crippen LogP contribution in [0.2, 0.25) is 0 Å². The molecule has 0 radical (unpaired) electrons. The fourth-order valence-corrected chi connectivity index (χ4v) is 3.49. The summed E-state index contributed by atoms with van der Waals surface area (Å²) in [6.45, 7) is 2.07. The Morgan fingerprint density at radius 2 is 1.61 bits per heavy atom. The van der Waals surface area contributed by atoms with Crippen molar-refractivity contribution in [1.29, 1.82) is 0 Å². The first-order valence-electron chi connectivity index (χ1n) is 9.27. The minimum Gasteiger partial charge on any atom is -0.492 e. The van der Waals surface area contributed by atoms with E-state index in [9.17, 15) is 9.90 Å².